The smallest absolute Gasteiger partial charge is 0.335 e. The van der Waals surface area contributed by atoms with Gasteiger partial charge in [-0.1, -0.05) is 39.8 Å². The van der Waals surface area contributed by atoms with Gasteiger partial charge >= 0.3 is 29.8 Å². The fourth-order valence-corrected chi connectivity index (χ4v) is 6.33. The molecule has 1 unspecified atom stereocenters. The zero-order valence-electron chi connectivity index (χ0n) is 26.9. The molecule has 1 aromatic carbocycles. The van der Waals surface area contributed by atoms with Crippen molar-refractivity contribution < 1.29 is 89.4 Å². The third-order valence-electron chi connectivity index (χ3n) is 8.71. The molecule has 0 saturated carbocycles. The summed E-state index contributed by atoms with van der Waals surface area (Å²) < 4.78 is 0. The summed E-state index contributed by atoms with van der Waals surface area (Å²) in [5.74, 6) is -5.53. The molecule has 46 heavy (non-hydrogen) atoms. The largest absolute Gasteiger partial charge is 0.480 e. The van der Waals surface area contributed by atoms with Gasteiger partial charge in [-0.2, -0.15) is 0 Å². The molecule has 14 nitrogen and oxygen atoms in total. The Labute approximate surface area is 302 Å². The second-order valence-electron chi connectivity index (χ2n) is 11.6. The van der Waals surface area contributed by atoms with Crippen molar-refractivity contribution in [2.75, 3.05) is 45.8 Å². The Morgan fingerprint density at radius 3 is 1.26 bits per heavy atom. The van der Waals surface area contributed by atoms with Crippen molar-refractivity contribution in [1.82, 2.24) is 19.6 Å². The molecule has 0 aliphatic carbocycles. The molecule has 1 fully saturated rings. The molecule has 5 N–H and O–H groups in total. The van der Waals surface area contributed by atoms with Crippen LogP contribution in [0.15, 0.2) is 24.3 Å². The van der Waals surface area contributed by atoms with Crippen molar-refractivity contribution in [2.45, 2.75) is 83.6 Å². The minimum Gasteiger partial charge on any atom is -0.480 e. The summed E-state index contributed by atoms with van der Waals surface area (Å²) in [6.45, 7) is 7.25. The number of carboxylic acid groups (broad SMARTS) is 5. The van der Waals surface area contributed by atoms with Crippen LogP contribution in [0.1, 0.15) is 75.3 Å². The van der Waals surface area contributed by atoms with Gasteiger partial charge in [0.2, 0.25) is 0 Å². The van der Waals surface area contributed by atoms with Gasteiger partial charge in [-0.25, -0.2) is 4.79 Å². The molecule has 1 aliphatic heterocycles. The van der Waals surface area contributed by atoms with Crippen LogP contribution in [0.3, 0.4) is 0 Å². The topological polar surface area (TPSA) is 199 Å². The Hall–Kier alpha value is -2.27. The minimum atomic E-state index is -1.24. The van der Waals surface area contributed by atoms with Gasteiger partial charge < -0.3 is 25.5 Å². The minimum absolute atomic E-state index is 0. The van der Waals surface area contributed by atoms with E-state index in [0.29, 0.717) is 31.2 Å². The van der Waals surface area contributed by atoms with Crippen LogP contribution >= 0.6 is 0 Å². The maximum Gasteiger partial charge on any atom is 0.335 e. The predicted molar refractivity (Wildman–Crippen MR) is 164 cm³/mol. The zero-order valence-corrected chi connectivity index (χ0v) is 29.2. The molecule has 1 saturated heterocycles. The van der Waals surface area contributed by atoms with Crippen molar-refractivity contribution in [3.8, 4) is 0 Å². The van der Waals surface area contributed by atoms with Crippen LogP contribution in [-0.2, 0) is 19.2 Å². The van der Waals surface area contributed by atoms with Gasteiger partial charge in [-0.05, 0) is 43.4 Å². The number of carboxylic acids is 5. The van der Waals surface area contributed by atoms with Crippen LogP contribution in [-0.4, -0.2) is 145 Å². The second kappa shape index (κ2) is 20.2. The van der Waals surface area contributed by atoms with Gasteiger partial charge in [0.1, 0.15) is 6.04 Å². The average molecular weight is 794 g/mol. The number of hydrogen-bond acceptors (Lipinski definition) is 9. The third kappa shape index (κ3) is 12.1. The van der Waals surface area contributed by atoms with Crippen LogP contribution in [0, 0.1) is 39.9 Å². The molecule has 5 atom stereocenters. The molecule has 0 bridgehead atoms. The van der Waals surface area contributed by atoms with Gasteiger partial charge in [0.05, 0.1) is 25.2 Å². The summed E-state index contributed by atoms with van der Waals surface area (Å²) in [5.41, 5.74) is 0.339. The molecule has 2 rings (SSSR count). The monoisotopic (exact) mass is 794 g/mol. The SMILES string of the molecule is CC[C@@H]1CN(CC(=O)O)[C@H](CC)CN(C(C(=O)O)c2ccc(C(=O)O)cc2)[C@H](CC)CN(CC(=O)O)[C@H](CC)CN1CC(=O)O.[Gd]. The van der Waals surface area contributed by atoms with E-state index in [1.54, 1.807) is 19.6 Å². The fraction of sp³-hybridized carbons (Fsp3) is 0.645. The molecule has 260 valence electrons. The normalized spacial score (nSPS) is 23.3. The molecule has 1 heterocycles. The summed E-state index contributed by atoms with van der Waals surface area (Å²) in [7, 11) is 0. The quantitative estimate of drug-likeness (QED) is 0.184. The molecule has 0 radical (unpaired) electrons. The Bertz CT molecular complexity index is 1160. The predicted octanol–water partition coefficient (Wildman–Crippen LogP) is 2.10. The maximum atomic E-state index is 13.0. The fourth-order valence-electron chi connectivity index (χ4n) is 6.33. The Balaban J connectivity index is 0.0000106. The first kappa shape index (κ1) is 41.8. The standard InChI is InChI=1S/C31H48N4O10.Gd/c1-5-22-14-33(18-27(38)39)24(7-3)16-35(29(31(44)45)20-9-11-21(12-10-20)30(42)43)25(8-4)15-34(19-28(40)41)23(6-2)13-32(22)17-26(36)37;/h9-12,22-25,29H,5-8,13-19H2,1-4H3,(H,36,37)(H,38,39)(H,40,41)(H,42,43)(H,44,45);/t22-,23-,24-,25-,29?;/m1./s1. The number of nitrogens with zero attached hydrogens (tertiary/aromatic N) is 4. The van der Waals surface area contributed by atoms with E-state index >= 15 is 0 Å². The number of rotatable bonds is 14. The zero-order chi connectivity index (χ0) is 33.8. The van der Waals surface area contributed by atoms with E-state index in [1.165, 1.54) is 24.3 Å². The maximum absolute atomic E-state index is 13.0. The molecule has 0 spiro atoms. The van der Waals surface area contributed by atoms with E-state index in [0.717, 1.165) is 0 Å². The summed E-state index contributed by atoms with van der Waals surface area (Å²) in [4.78, 5) is 67.7. The van der Waals surface area contributed by atoms with Gasteiger partial charge in [0.15, 0.2) is 0 Å². The van der Waals surface area contributed by atoms with Crippen LogP contribution < -0.4 is 0 Å². The second-order valence-corrected chi connectivity index (χ2v) is 11.6. The van der Waals surface area contributed by atoms with E-state index in [4.69, 9.17) is 0 Å². The van der Waals surface area contributed by atoms with E-state index in [9.17, 15) is 49.5 Å². The van der Waals surface area contributed by atoms with E-state index in [2.05, 4.69) is 0 Å². The first-order valence-corrected chi connectivity index (χ1v) is 15.4. The molecule has 0 amide bonds. The molecular formula is C31H48GdN4O10. The van der Waals surface area contributed by atoms with Crippen LogP contribution in [0.5, 0.6) is 0 Å². The Morgan fingerprint density at radius 1 is 0.609 bits per heavy atom. The Kier molecular flexibility index (Phi) is 18.3. The summed E-state index contributed by atoms with van der Waals surface area (Å²) in [6, 6.07) is 2.64. The van der Waals surface area contributed by atoms with Crippen molar-refractivity contribution in [3.63, 3.8) is 0 Å². The number of hydrogen-bond donors (Lipinski definition) is 5. The molecule has 1 aliphatic rings. The van der Waals surface area contributed by atoms with Crippen LogP contribution in [0.2, 0.25) is 0 Å². The molecule has 1 aromatic rings. The van der Waals surface area contributed by atoms with Crippen molar-refractivity contribution in [2.24, 2.45) is 0 Å². The number of aliphatic carboxylic acids is 4. The summed E-state index contributed by atoms with van der Waals surface area (Å²) in [6.07, 6.45) is 1.88. The van der Waals surface area contributed by atoms with Crippen molar-refractivity contribution >= 4 is 29.8 Å². The molecule has 15 heteroatoms. The van der Waals surface area contributed by atoms with E-state index < -0.39 is 54.0 Å². The molecular weight excluding hydrogens is 746 g/mol. The van der Waals surface area contributed by atoms with Crippen molar-refractivity contribution in [3.05, 3.63) is 35.4 Å². The first-order chi connectivity index (χ1) is 21.3. The van der Waals surface area contributed by atoms with Crippen molar-refractivity contribution in [1.29, 1.82) is 0 Å². The van der Waals surface area contributed by atoms with Gasteiger partial charge in [-0.3, -0.25) is 38.8 Å². The molecule has 0 aromatic heterocycles. The number of aromatic carboxylic acids is 1. The van der Waals surface area contributed by atoms with E-state index in [1.807, 2.05) is 27.7 Å². The Morgan fingerprint density at radius 2 is 0.957 bits per heavy atom. The van der Waals surface area contributed by atoms with Gasteiger partial charge in [-0.15, -0.1) is 0 Å². The van der Waals surface area contributed by atoms with Crippen LogP contribution in [0.4, 0.5) is 0 Å². The van der Waals surface area contributed by atoms with E-state index in [-0.39, 0.29) is 97.4 Å². The third-order valence-corrected chi connectivity index (χ3v) is 8.71. The average Bonchev–Trinajstić information content (AvgIpc) is 2.96. The number of carbonyl (C=O) groups is 5. The number of benzene rings is 1. The van der Waals surface area contributed by atoms with Gasteiger partial charge in [0, 0.05) is 90.3 Å². The summed E-state index contributed by atoms with van der Waals surface area (Å²) in [5, 5.41) is 49.5. The first-order valence-electron chi connectivity index (χ1n) is 15.4. The van der Waals surface area contributed by atoms with Crippen LogP contribution in [0.25, 0.3) is 0 Å². The summed E-state index contributed by atoms with van der Waals surface area (Å²) >= 11 is 0. The van der Waals surface area contributed by atoms with Gasteiger partial charge in [0.25, 0.3) is 0 Å².